The van der Waals surface area contributed by atoms with Gasteiger partial charge in [-0.15, -0.1) is 0 Å². The van der Waals surface area contributed by atoms with Gasteiger partial charge in [-0.25, -0.2) is 9.97 Å². The van der Waals surface area contributed by atoms with Crippen LogP contribution < -0.4 is 4.90 Å². The normalized spacial score (nSPS) is 17.6. The average molecular weight is 167 g/mol. The van der Waals surface area contributed by atoms with Crippen LogP contribution in [-0.2, 0) is 0 Å². The maximum atomic E-state index is 12.1. The third-order valence-electron chi connectivity index (χ3n) is 2.07. The highest BCUT2D eigenvalue weighted by atomic mass is 19.1. The number of nitrogens with zero attached hydrogens (tertiary/aromatic N) is 3. The summed E-state index contributed by atoms with van der Waals surface area (Å²) in [4.78, 5) is 9.92. The largest absolute Gasteiger partial charge is 0.356 e. The van der Waals surface area contributed by atoms with Gasteiger partial charge in [0.25, 0.3) is 0 Å². The minimum Gasteiger partial charge on any atom is -0.356 e. The molecule has 1 saturated heterocycles. The molecule has 0 amide bonds. The fourth-order valence-electron chi connectivity index (χ4n) is 1.33. The van der Waals surface area contributed by atoms with E-state index in [1.54, 1.807) is 6.20 Å². The van der Waals surface area contributed by atoms with E-state index < -0.39 is 0 Å². The number of hydrogen-bond acceptors (Lipinski definition) is 3. The van der Waals surface area contributed by atoms with Gasteiger partial charge in [0.2, 0.25) is 0 Å². The molecule has 0 spiro atoms. The molecule has 1 fully saturated rings. The number of aromatic nitrogens is 2. The molecule has 1 aromatic heterocycles. The van der Waals surface area contributed by atoms with Crippen molar-refractivity contribution >= 4 is 5.82 Å². The highest BCUT2D eigenvalue weighted by molar-refractivity contribution is 5.39. The summed E-state index contributed by atoms with van der Waals surface area (Å²) in [6.07, 6.45) is 3.21. The zero-order chi connectivity index (χ0) is 8.39. The van der Waals surface area contributed by atoms with Crippen LogP contribution >= 0.6 is 0 Å². The van der Waals surface area contributed by atoms with Crippen LogP contribution in [-0.4, -0.2) is 29.7 Å². The van der Waals surface area contributed by atoms with Gasteiger partial charge in [-0.05, 0) is 6.07 Å². The maximum Gasteiger partial charge on any atom is 0.131 e. The molecule has 0 saturated carbocycles. The predicted molar refractivity (Wildman–Crippen MR) is 43.7 cm³/mol. The second kappa shape index (κ2) is 3.05. The van der Waals surface area contributed by atoms with Crippen molar-refractivity contribution in [2.45, 2.75) is 0 Å². The van der Waals surface area contributed by atoms with Crippen molar-refractivity contribution in [1.82, 2.24) is 9.97 Å². The van der Waals surface area contributed by atoms with Crippen molar-refractivity contribution in [2.75, 3.05) is 24.7 Å². The topological polar surface area (TPSA) is 29.0 Å². The van der Waals surface area contributed by atoms with Crippen molar-refractivity contribution in [2.24, 2.45) is 5.92 Å². The van der Waals surface area contributed by atoms with E-state index in [0.29, 0.717) is 0 Å². The van der Waals surface area contributed by atoms with Crippen molar-refractivity contribution in [3.05, 3.63) is 18.6 Å². The Labute approximate surface area is 70.3 Å². The highest BCUT2D eigenvalue weighted by Crippen LogP contribution is 2.21. The van der Waals surface area contributed by atoms with Crippen LogP contribution in [0.25, 0.3) is 0 Å². The minimum absolute atomic E-state index is 0.208. The van der Waals surface area contributed by atoms with Gasteiger partial charge in [-0.1, -0.05) is 0 Å². The predicted octanol–water partition coefficient (Wildman–Crippen LogP) is 0.882. The molecule has 3 nitrogen and oxygen atoms in total. The first-order valence-corrected chi connectivity index (χ1v) is 3.97. The average Bonchev–Trinajstić information content (AvgIpc) is 2.04. The van der Waals surface area contributed by atoms with Gasteiger partial charge in [0.1, 0.15) is 12.1 Å². The van der Waals surface area contributed by atoms with E-state index in [1.807, 2.05) is 11.0 Å². The highest BCUT2D eigenvalue weighted by Gasteiger charge is 2.27. The summed E-state index contributed by atoms with van der Waals surface area (Å²) in [5.41, 5.74) is 0. The molecular formula is C8H10FN3. The Morgan fingerprint density at radius 1 is 1.58 bits per heavy atom. The Kier molecular flexibility index (Phi) is 1.89. The van der Waals surface area contributed by atoms with Gasteiger partial charge < -0.3 is 4.90 Å². The van der Waals surface area contributed by atoms with E-state index in [2.05, 4.69) is 9.97 Å². The Hall–Kier alpha value is -1.19. The van der Waals surface area contributed by atoms with Gasteiger partial charge >= 0.3 is 0 Å². The Bertz CT molecular complexity index is 246. The molecule has 1 aliphatic rings. The van der Waals surface area contributed by atoms with Crippen LogP contribution in [0, 0.1) is 5.92 Å². The summed E-state index contributed by atoms with van der Waals surface area (Å²) in [5.74, 6) is 1.11. The zero-order valence-electron chi connectivity index (χ0n) is 6.65. The van der Waals surface area contributed by atoms with Gasteiger partial charge in [0, 0.05) is 25.2 Å². The number of rotatable bonds is 2. The lowest BCUT2D eigenvalue weighted by molar-refractivity contribution is 0.305. The lowest BCUT2D eigenvalue weighted by atomic mass is 10.0. The van der Waals surface area contributed by atoms with Crippen molar-refractivity contribution in [3.8, 4) is 0 Å². The lowest BCUT2D eigenvalue weighted by Crippen LogP contribution is -2.48. The molecule has 0 aromatic carbocycles. The molecule has 1 aliphatic heterocycles. The molecular weight excluding hydrogens is 157 g/mol. The van der Waals surface area contributed by atoms with Crippen molar-refractivity contribution in [3.63, 3.8) is 0 Å². The van der Waals surface area contributed by atoms with Crippen molar-refractivity contribution in [1.29, 1.82) is 0 Å². The molecule has 0 atom stereocenters. The molecule has 0 aliphatic carbocycles. The standard InChI is InChI=1S/C8H10FN3/c9-3-7-4-12(5-7)8-1-2-10-6-11-8/h1-2,6-7H,3-5H2. The van der Waals surface area contributed by atoms with Crippen LogP contribution in [0.1, 0.15) is 0 Å². The van der Waals surface area contributed by atoms with E-state index in [1.165, 1.54) is 6.33 Å². The Morgan fingerprint density at radius 2 is 2.42 bits per heavy atom. The zero-order valence-corrected chi connectivity index (χ0v) is 6.65. The molecule has 12 heavy (non-hydrogen) atoms. The fourth-order valence-corrected chi connectivity index (χ4v) is 1.33. The van der Waals surface area contributed by atoms with Crippen LogP contribution in [0.4, 0.5) is 10.2 Å². The third-order valence-corrected chi connectivity index (χ3v) is 2.07. The van der Waals surface area contributed by atoms with Gasteiger partial charge in [0.15, 0.2) is 0 Å². The van der Waals surface area contributed by atoms with Crippen LogP contribution in [0.15, 0.2) is 18.6 Å². The monoisotopic (exact) mass is 167 g/mol. The fraction of sp³-hybridized carbons (Fsp3) is 0.500. The molecule has 4 heteroatoms. The third kappa shape index (κ3) is 1.24. The second-order valence-corrected chi connectivity index (χ2v) is 2.99. The quantitative estimate of drug-likeness (QED) is 0.654. The number of hydrogen-bond donors (Lipinski definition) is 0. The van der Waals surface area contributed by atoms with Crippen molar-refractivity contribution < 1.29 is 4.39 Å². The molecule has 1 aromatic rings. The summed E-state index contributed by atoms with van der Waals surface area (Å²) in [6, 6.07) is 1.84. The van der Waals surface area contributed by atoms with Gasteiger partial charge in [-0.2, -0.15) is 0 Å². The Morgan fingerprint density at radius 3 is 3.00 bits per heavy atom. The van der Waals surface area contributed by atoms with E-state index in [9.17, 15) is 4.39 Å². The number of halogens is 1. The Balaban J connectivity index is 1.97. The number of alkyl halides is 1. The van der Waals surface area contributed by atoms with E-state index in [0.717, 1.165) is 18.9 Å². The molecule has 0 unspecified atom stereocenters. The number of anilines is 1. The van der Waals surface area contributed by atoms with E-state index in [4.69, 9.17) is 0 Å². The second-order valence-electron chi connectivity index (χ2n) is 2.99. The van der Waals surface area contributed by atoms with E-state index in [-0.39, 0.29) is 12.6 Å². The first kappa shape index (κ1) is 7.46. The summed E-state index contributed by atoms with van der Waals surface area (Å²) in [5, 5.41) is 0. The van der Waals surface area contributed by atoms with Crippen LogP contribution in [0.2, 0.25) is 0 Å². The molecule has 2 rings (SSSR count). The minimum atomic E-state index is -0.221. The van der Waals surface area contributed by atoms with Crippen LogP contribution in [0.3, 0.4) is 0 Å². The summed E-state index contributed by atoms with van der Waals surface area (Å²) >= 11 is 0. The summed E-state index contributed by atoms with van der Waals surface area (Å²) < 4.78 is 12.1. The lowest BCUT2D eigenvalue weighted by Gasteiger charge is -2.38. The van der Waals surface area contributed by atoms with Gasteiger partial charge in [0.05, 0.1) is 6.67 Å². The molecule has 64 valence electrons. The molecule has 0 bridgehead atoms. The molecule has 0 N–H and O–H groups in total. The first-order valence-electron chi connectivity index (χ1n) is 3.97. The van der Waals surface area contributed by atoms with Crippen LogP contribution in [0.5, 0.6) is 0 Å². The SMILES string of the molecule is FCC1CN(c2ccncn2)C1. The van der Waals surface area contributed by atoms with E-state index >= 15 is 0 Å². The smallest absolute Gasteiger partial charge is 0.131 e. The summed E-state index contributed by atoms with van der Waals surface area (Å²) in [7, 11) is 0. The molecule has 0 radical (unpaired) electrons. The maximum absolute atomic E-state index is 12.1. The first-order chi connectivity index (χ1) is 5.90. The molecule has 2 heterocycles. The van der Waals surface area contributed by atoms with Gasteiger partial charge in [-0.3, -0.25) is 4.39 Å². The summed E-state index contributed by atoms with van der Waals surface area (Å²) in [6.45, 7) is 1.35.